The third kappa shape index (κ3) is 7.10. The number of aliphatic imine (C=N–C) groups is 1. The number of carbonyl (C=O) groups excluding carboxylic acids is 2. The zero-order valence-corrected chi connectivity index (χ0v) is 11.0. The van der Waals surface area contributed by atoms with Crippen molar-refractivity contribution in [2.75, 3.05) is 13.3 Å². The molecule has 0 rings (SSSR count). The highest BCUT2D eigenvalue weighted by Crippen LogP contribution is 1.99. The maximum absolute atomic E-state index is 11.4. The van der Waals surface area contributed by atoms with Crippen LogP contribution in [0.4, 0.5) is 9.59 Å². The molecule has 92 valence electrons. The predicted molar refractivity (Wildman–Crippen MR) is 66.8 cm³/mol. The highest BCUT2D eigenvalue weighted by atomic mass is 32.2. The minimum absolute atomic E-state index is 0.251. The van der Waals surface area contributed by atoms with Gasteiger partial charge in [0.05, 0.1) is 0 Å². The lowest BCUT2D eigenvalue weighted by molar-refractivity contribution is 0.237. The van der Waals surface area contributed by atoms with Crippen LogP contribution in [0.25, 0.3) is 0 Å². The Morgan fingerprint density at radius 3 is 2.19 bits per heavy atom. The number of hydrogen-bond donors (Lipinski definition) is 3. The Morgan fingerprint density at radius 1 is 1.25 bits per heavy atom. The van der Waals surface area contributed by atoms with Crippen LogP contribution in [0.15, 0.2) is 4.99 Å². The molecule has 0 spiro atoms. The van der Waals surface area contributed by atoms with Gasteiger partial charge in [-0.2, -0.15) is 4.99 Å². The molecule has 4 amide bonds. The third-order valence-corrected chi connectivity index (χ3v) is 1.90. The van der Waals surface area contributed by atoms with E-state index in [0.29, 0.717) is 0 Å². The molecule has 0 saturated heterocycles. The molecule has 0 aliphatic carbocycles. The molecule has 16 heavy (non-hydrogen) atoms. The average molecular weight is 246 g/mol. The second-order valence-electron chi connectivity index (χ2n) is 4.01. The zero-order chi connectivity index (χ0) is 12.8. The maximum atomic E-state index is 11.4. The first-order valence-electron chi connectivity index (χ1n) is 4.72. The van der Waals surface area contributed by atoms with Gasteiger partial charge in [0.2, 0.25) is 0 Å². The van der Waals surface area contributed by atoms with Crippen molar-refractivity contribution in [2.24, 2.45) is 4.99 Å². The smallest absolute Gasteiger partial charge is 0.339 e. The van der Waals surface area contributed by atoms with Gasteiger partial charge >= 0.3 is 12.1 Å². The predicted octanol–water partition coefficient (Wildman–Crippen LogP) is 1.14. The highest BCUT2D eigenvalue weighted by molar-refractivity contribution is 8.13. The van der Waals surface area contributed by atoms with Crippen LogP contribution in [-0.2, 0) is 0 Å². The Kier molecular flexibility index (Phi) is 5.87. The number of rotatable bonds is 0. The summed E-state index contributed by atoms with van der Waals surface area (Å²) in [5.74, 6) is 0. The summed E-state index contributed by atoms with van der Waals surface area (Å²) >= 11 is 1.19. The maximum Gasteiger partial charge on any atom is 0.343 e. The van der Waals surface area contributed by atoms with Crippen molar-refractivity contribution in [3.8, 4) is 0 Å². The molecule has 0 heterocycles. The molecule has 0 unspecified atom stereocenters. The van der Waals surface area contributed by atoms with E-state index in [0.717, 1.165) is 0 Å². The summed E-state index contributed by atoms with van der Waals surface area (Å²) in [5.41, 5.74) is -0.333. The third-order valence-electron chi connectivity index (χ3n) is 1.32. The summed E-state index contributed by atoms with van der Waals surface area (Å²) in [7, 11) is 1.47. The largest absolute Gasteiger partial charge is 0.343 e. The second kappa shape index (κ2) is 6.37. The summed E-state index contributed by atoms with van der Waals surface area (Å²) in [4.78, 5) is 26.1. The lowest BCUT2D eigenvalue weighted by Gasteiger charge is -2.20. The van der Waals surface area contributed by atoms with E-state index >= 15 is 0 Å². The van der Waals surface area contributed by atoms with Gasteiger partial charge in [0.25, 0.3) is 0 Å². The first-order chi connectivity index (χ1) is 7.28. The SMILES string of the molecule is CNC(=O)N=C(NC(=O)NC(C)(C)C)SC. The van der Waals surface area contributed by atoms with Crippen molar-refractivity contribution in [1.29, 1.82) is 0 Å². The van der Waals surface area contributed by atoms with Gasteiger partial charge in [-0.1, -0.05) is 11.8 Å². The molecular formula is C9H18N4O2S. The number of amides is 4. The van der Waals surface area contributed by atoms with E-state index in [4.69, 9.17) is 0 Å². The number of nitrogens with zero attached hydrogens (tertiary/aromatic N) is 1. The molecule has 3 N–H and O–H groups in total. The van der Waals surface area contributed by atoms with Crippen molar-refractivity contribution in [1.82, 2.24) is 16.0 Å². The van der Waals surface area contributed by atoms with E-state index in [9.17, 15) is 9.59 Å². The van der Waals surface area contributed by atoms with Gasteiger partial charge in [0.1, 0.15) is 0 Å². The number of amidine groups is 1. The minimum atomic E-state index is -0.500. The number of thioether (sulfide) groups is 1. The number of nitrogens with one attached hydrogen (secondary N) is 3. The van der Waals surface area contributed by atoms with E-state index in [2.05, 4.69) is 20.9 Å². The van der Waals surface area contributed by atoms with Crippen LogP contribution in [0.2, 0.25) is 0 Å². The van der Waals surface area contributed by atoms with Gasteiger partial charge in [0.15, 0.2) is 5.17 Å². The second-order valence-corrected chi connectivity index (χ2v) is 4.80. The monoisotopic (exact) mass is 246 g/mol. The molecule has 6 nitrogen and oxygen atoms in total. The first kappa shape index (κ1) is 14.8. The van der Waals surface area contributed by atoms with Crippen molar-refractivity contribution < 1.29 is 9.59 Å². The normalized spacial score (nSPS) is 11.9. The summed E-state index contributed by atoms with van der Waals surface area (Å²) in [6, 6.07) is -0.884. The van der Waals surface area contributed by atoms with Crippen molar-refractivity contribution in [2.45, 2.75) is 26.3 Å². The van der Waals surface area contributed by atoms with Crippen LogP contribution in [-0.4, -0.2) is 36.1 Å². The summed E-state index contributed by atoms with van der Waals surface area (Å²) in [6.07, 6.45) is 1.72. The van der Waals surface area contributed by atoms with Gasteiger partial charge < -0.3 is 10.6 Å². The van der Waals surface area contributed by atoms with Crippen LogP contribution in [0.1, 0.15) is 20.8 Å². The van der Waals surface area contributed by atoms with Gasteiger partial charge in [-0.15, -0.1) is 0 Å². The molecule has 0 aromatic heterocycles. The molecular weight excluding hydrogens is 228 g/mol. The van der Waals surface area contributed by atoms with Gasteiger partial charge in [-0.05, 0) is 27.0 Å². The lowest BCUT2D eigenvalue weighted by Crippen LogP contribution is -2.47. The lowest BCUT2D eigenvalue weighted by atomic mass is 10.1. The van der Waals surface area contributed by atoms with E-state index in [1.54, 1.807) is 6.26 Å². The Hall–Kier alpha value is -1.24. The Labute approximate surface area is 99.6 Å². The Bertz CT molecular complexity index is 296. The van der Waals surface area contributed by atoms with Gasteiger partial charge in [0, 0.05) is 12.6 Å². The molecule has 0 aliphatic heterocycles. The minimum Gasteiger partial charge on any atom is -0.339 e. The van der Waals surface area contributed by atoms with Crippen LogP contribution >= 0.6 is 11.8 Å². The summed E-state index contributed by atoms with van der Waals surface area (Å²) < 4.78 is 0. The molecule has 0 atom stereocenters. The molecule has 0 aliphatic rings. The standard InChI is InChI=1S/C9H18N4O2S/c1-9(2,3)13-7(15)12-8(16-5)11-6(14)10-4/h1-5H3,(H3,10,11,12,13,14,15). The molecule has 0 bridgehead atoms. The molecule has 7 heteroatoms. The fraction of sp³-hybridized carbons (Fsp3) is 0.667. The Morgan fingerprint density at radius 2 is 1.81 bits per heavy atom. The van der Waals surface area contributed by atoms with Crippen LogP contribution < -0.4 is 16.0 Å². The average Bonchev–Trinajstić information content (AvgIpc) is 2.13. The quantitative estimate of drug-likeness (QED) is 0.443. The van der Waals surface area contributed by atoms with Gasteiger partial charge in [-0.25, -0.2) is 9.59 Å². The van der Waals surface area contributed by atoms with Gasteiger partial charge in [-0.3, -0.25) is 5.32 Å². The summed E-state index contributed by atoms with van der Waals surface area (Å²) in [5, 5.41) is 7.78. The molecule has 0 radical (unpaired) electrons. The van der Waals surface area contributed by atoms with E-state index in [1.165, 1.54) is 18.8 Å². The van der Waals surface area contributed by atoms with E-state index in [-0.39, 0.29) is 16.7 Å². The number of hydrogen-bond acceptors (Lipinski definition) is 3. The number of urea groups is 2. The number of carbonyl (C=O) groups is 2. The van der Waals surface area contributed by atoms with Crippen molar-refractivity contribution in [3.05, 3.63) is 0 Å². The van der Waals surface area contributed by atoms with E-state index in [1.807, 2.05) is 20.8 Å². The topological polar surface area (TPSA) is 82.6 Å². The molecule has 0 saturated carbocycles. The fourth-order valence-corrected chi connectivity index (χ4v) is 1.11. The fourth-order valence-electron chi connectivity index (χ4n) is 0.742. The first-order valence-corrected chi connectivity index (χ1v) is 5.94. The van der Waals surface area contributed by atoms with Crippen LogP contribution in [0.3, 0.4) is 0 Å². The van der Waals surface area contributed by atoms with Crippen LogP contribution in [0.5, 0.6) is 0 Å². The van der Waals surface area contributed by atoms with E-state index < -0.39 is 6.03 Å². The Balaban J connectivity index is 4.39. The molecule has 0 fully saturated rings. The highest BCUT2D eigenvalue weighted by Gasteiger charge is 2.14. The molecule has 0 aromatic carbocycles. The van der Waals surface area contributed by atoms with Crippen LogP contribution in [0, 0.1) is 0 Å². The molecule has 0 aromatic rings. The van der Waals surface area contributed by atoms with Crippen molar-refractivity contribution >= 4 is 29.0 Å². The van der Waals surface area contributed by atoms with Crippen molar-refractivity contribution in [3.63, 3.8) is 0 Å². The summed E-state index contributed by atoms with van der Waals surface area (Å²) in [6.45, 7) is 5.59. The zero-order valence-electron chi connectivity index (χ0n) is 10.2.